The maximum atomic E-state index is 5.65. The molecule has 0 saturated heterocycles. The van der Waals surface area contributed by atoms with E-state index in [-0.39, 0.29) is 0 Å². The van der Waals surface area contributed by atoms with Gasteiger partial charge in [0, 0.05) is 24.5 Å². The van der Waals surface area contributed by atoms with Crippen LogP contribution in [0.25, 0.3) is 0 Å². The van der Waals surface area contributed by atoms with Crippen molar-refractivity contribution in [1.82, 2.24) is 14.8 Å². The molecule has 6 heteroatoms. The van der Waals surface area contributed by atoms with E-state index in [1.54, 1.807) is 12.3 Å². The van der Waals surface area contributed by atoms with E-state index >= 15 is 0 Å². The minimum atomic E-state index is 0.314. The Balaban J connectivity index is 2.25. The van der Waals surface area contributed by atoms with Crippen LogP contribution in [-0.4, -0.2) is 19.8 Å². The molecule has 2 heterocycles. The lowest BCUT2D eigenvalue weighted by atomic mass is 10.2. The minimum absolute atomic E-state index is 0.314. The van der Waals surface area contributed by atoms with Crippen LogP contribution in [0, 0.1) is 0 Å². The zero-order chi connectivity index (χ0) is 13.1. The summed E-state index contributed by atoms with van der Waals surface area (Å²) in [6.07, 6.45) is 3.60. The van der Waals surface area contributed by atoms with Crippen molar-refractivity contribution in [1.29, 1.82) is 0 Å². The molecule has 3 N–H and O–H groups in total. The molecule has 0 unspecified atom stereocenters. The highest BCUT2D eigenvalue weighted by Gasteiger charge is 2.08. The second-order valence-electron chi connectivity index (χ2n) is 4.16. The van der Waals surface area contributed by atoms with E-state index in [0.29, 0.717) is 22.4 Å². The van der Waals surface area contributed by atoms with E-state index in [2.05, 4.69) is 29.2 Å². The molecular formula is C12H15N5S. The van der Waals surface area contributed by atoms with Gasteiger partial charge in [0.15, 0.2) is 5.82 Å². The van der Waals surface area contributed by atoms with E-state index in [4.69, 9.17) is 18.0 Å². The lowest BCUT2D eigenvalue weighted by Crippen LogP contribution is -2.13. The average Bonchev–Trinajstić information content (AvgIpc) is 2.78. The molecule has 2 rings (SSSR count). The third kappa shape index (κ3) is 2.65. The van der Waals surface area contributed by atoms with Crippen LogP contribution in [0.15, 0.2) is 30.6 Å². The van der Waals surface area contributed by atoms with Gasteiger partial charge < -0.3 is 11.1 Å². The smallest absolute Gasteiger partial charge is 0.153 e. The number of rotatable bonds is 4. The first-order valence-corrected chi connectivity index (χ1v) is 6.05. The molecule has 18 heavy (non-hydrogen) atoms. The van der Waals surface area contributed by atoms with Gasteiger partial charge in [0.1, 0.15) is 10.8 Å². The number of hydrogen-bond donors (Lipinski definition) is 2. The number of aromatic nitrogens is 3. The van der Waals surface area contributed by atoms with Gasteiger partial charge in [0.2, 0.25) is 0 Å². The number of nitrogens with two attached hydrogens (primary N) is 1. The van der Waals surface area contributed by atoms with E-state index in [0.717, 1.165) is 5.82 Å². The third-order valence-electron chi connectivity index (χ3n) is 2.46. The second kappa shape index (κ2) is 5.14. The fourth-order valence-electron chi connectivity index (χ4n) is 1.52. The minimum Gasteiger partial charge on any atom is -0.389 e. The quantitative estimate of drug-likeness (QED) is 0.826. The largest absolute Gasteiger partial charge is 0.389 e. The maximum Gasteiger partial charge on any atom is 0.153 e. The Kier molecular flexibility index (Phi) is 3.57. The highest BCUT2D eigenvalue weighted by atomic mass is 32.1. The molecule has 0 saturated carbocycles. The van der Waals surface area contributed by atoms with Crippen molar-refractivity contribution in [3.63, 3.8) is 0 Å². The SMILES string of the molecule is CC(C)n1ccc(Nc2ncccc2C(N)=S)n1. The Bertz CT molecular complexity index is 561. The highest BCUT2D eigenvalue weighted by Crippen LogP contribution is 2.17. The van der Waals surface area contributed by atoms with Crippen LogP contribution < -0.4 is 11.1 Å². The van der Waals surface area contributed by atoms with Crippen molar-refractivity contribution in [3.05, 3.63) is 36.2 Å². The molecule has 0 aromatic carbocycles. The van der Waals surface area contributed by atoms with Gasteiger partial charge in [-0.1, -0.05) is 12.2 Å². The molecule has 0 bridgehead atoms. The molecule has 5 nitrogen and oxygen atoms in total. The van der Waals surface area contributed by atoms with E-state index in [9.17, 15) is 0 Å². The topological polar surface area (TPSA) is 68.8 Å². The van der Waals surface area contributed by atoms with Crippen LogP contribution in [0.4, 0.5) is 11.6 Å². The van der Waals surface area contributed by atoms with Gasteiger partial charge in [-0.2, -0.15) is 5.10 Å². The van der Waals surface area contributed by atoms with Gasteiger partial charge >= 0.3 is 0 Å². The highest BCUT2D eigenvalue weighted by molar-refractivity contribution is 7.80. The fourth-order valence-corrected chi connectivity index (χ4v) is 1.68. The van der Waals surface area contributed by atoms with E-state index in [1.807, 2.05) is 23.0 Å². The molecule has 0 spiro atoms. The van der Waals surface area contributed by atoms with Gasteiger partial charge in [-0.25, -0.2) is 4.98 Å². The molecule has 0 fully saturated rings. The Morgan fingerprint density at radius 3 is 2.83 bits per heavy atom. The van der Waals surface area contributed by atoms with Crippen LogP contribution >= 0.6 is 12.2 Å². The number of hydrogen-bond acceptors (Lipinski definition) is 4. The summed E-state index contributed by atoms with van der Waals surface area (Å²) in [6, 6.07) is 5.83. The van der Waals surface area contributed by atoms with E-state index < -0.39 is 0 Å². The molecule has 0 aliphatic rings. The van der Waals surface area contributed by atoms with Crippen LogP contribution in [0.3, 0.4) is 0 Å². The standard InChI is InChI=1S/C12H15N5S/c1-8(2)17-7-5-10(16-17)15-12-9(11(13)18)4-3-6-14-12/h3-8H,1-2H3,(H2,13,18)(H,14,15,16). The Hall–Kier alpha value is -1.95. The van der Waals surface area contributed by atoms with Gasteiger partial charge in [-0.05, 0) is 26.0 Å². The van der Waals surface area contributed by atoms with Crippen LogP contribution in [0.5, 0.6) is 0 Å². The second-order valence-corrected chi connectivity index (χ2v) is 4.60. The zero-order valence-corrected chi connectivity index (χ0v) is 11.1. The molecular weight excluding hydrogens is 246 g/mol. The predicted octanol–water partition coefficient (Wildman–Crippen LogP) is 2.24. The zero-order valence-electron chi connectivity index (χ0n) is 10.3. The summed E-state index contributed by atoms with van der Waals surface area (Å²) in [4.78, 5) is 4.54. The summed E-state index contributed by atoms with van der Waals surface area (Å²) in [6.45, 7) is 4.13. The van der Waals surface area contributed by atoms with Crippen molar-refractivity contribution >= 4 is 28.8 Å². The molecule has 94 valence electrons. The van der Waals surface area contributed by atoms with Gasteiger partial charge in [-0.15, -0.1) is 0 Å². The molecule has 2 aromatic heterocycles. The van der Waals surface area contributed by atoms with Crippen molar-refractivity contribution in [3.8, 4) is 0 Å². The summed E-state index contributed by atoms with van der Waals surface area (Å²) in [5, 5.41) is 7.51. The van der Waals surface area contributed by atoms with Crippen molar-refractivity contribution in [2.45, 2.75) is 19.9 Å². The fraction of sp³-hybridized carbons (Fsp3) is 0.250. The molecule has 0 aliphatic carbocycles. The molecule has 0 amide bonds. The lowest BCUT2D eigenvalue weighted by molar-refractivity contribution is 0.534. The number of pyridine rings is 1. The van der Waals surface area contributed by atoms with Crippen LogP contribution in [-0.2, 0) is 0 Å². The van der Waals surface area contributed by atoms with Crippen molar-refractivity contribution < 1.29 is 0 Å². The lowest BCUT2D eigenvalue weighted by Gasteiger charge is -2.08. The van der Waals surface area contributed by atoms with E-state index in [1.165, 1.54) is 0 Å². The number of thiocarbonyl (C=S) groups is 1. The first kappa shape index (κ1) is 12.5. The first-order valence-electron chi connectivity index (χ1n) is 5.65. The summed E-state index contributed by atoms with van der Waals surface area (Å²) in [5.41, 5.74) is 6.36. The maximum absolute atomic E-state index is 5.65. The van der Waals surface area contributed by atoms with Crippen molar-refractivity contribution in [2.75, 3.05) is 5.32 Å². The summed E-state index contributed by atoms with van der Waals surface area (Å²) in [7, 11) is 0. The van der Waals surface area contributed by atoms with Crippen LogP contribution in [0.1, 0.15) is 25.5 Å². The average molecular weight is 261 g/mol. The van der Waals surface area contributed by atoms with Crippen molar-refractivity contribution in [2.24, 2.45) is 5.73 Å². The van der Waals surface area contributed by atoms with Crippen LogP contribution in [0.2, 0.25) is 0 Å². The van der Waals surface area contributed by atoms with Gasteiger partial charge in [0.25, 0.3) is 0 Å². The van der Waals surface area contributed by atoms with Gasteiger partial charge in [0.05, 0.1) is 5.56 Å². The summed E-state index contributed by atoms with van der Waals surface area (Å²) >= 11 is 4.98. The Morgan fingerprint density at radius 2 is 2.22 bits per heavy atom. The number of nitrogens with one attached hydrogen (secondary N) is 1. The molecule has 0 atom stereocenters. The first-order chi connectivity index (χ1) is 8.58. The monoisotopic (exact) mass is 261 g/mol. The Morgan fingerprint density at radius 1 is 1.44 bits per heavy atom. The summed E-state index contributed by atoms with van der Waals surface area (Å²) < 4.78 is 1.87. The summed E-state index contributed by atoms with van der Waals surface area (Å²) in [5.74, 6) is 1.35. The Labute approximate surface area is 111 Å². The number of anilines is 2. The number of nitrogens with zero attached hydrogens (tertiary/aromatic N) is 3. The third-order valence-corrected chi connectivity index (χ3v) is 2.68. The molecule has 2 aromatic rings. The van der Waals surface area contributed by atoms with Gasteiger partial charge in [-0.3, -0.25) is 4.68 Å². The normalized spacial score (nSPS) is 10.6. The molecule has 0 radical (unpaired) electrons. The predicted molar refractivity (Wildman–Crippen MR) is 76.0 cm³/mol. The molecule has 0 aliphatic heterocycles.